The highest BCUT2D eigenvalue weighted by Crippen LogP contribution is 2.29. The summed E-state index contributed by atoms with van der Waals surface area (Å²) in [7, 11) is 0. The average molecular weight is 289 g/mol. The molecule has 0 aliphatic carbocycles. The molecule has 0 aromatic heterocycles. The Bertz CT molecular complexity index is 636. The van der Waals surface area contributed by atoms with E-state index >= 15 is 0 Å². The van der Waals surface area contributed by atoms with Crippen LogP contribution in [0.15, 0.2) is 54.6 Å². The molecule has 0 unspecified atom stereocenters. The molecule has 0 aliphatic heterocycles. The normalized spacial score (nSPS) is 10.8. The van der Waals surface area contributed by atoms with Gasteiger partial charge in [-0.1, -0.05) is 48.2 Å². The predicted octanol–water partition coefficient (Wildman–Crippen LogP) is 3.85. The Balaban J connectivity index is 1.86. The van der Waals surface area contributed by atoms with Crippen LogP contribution in [0.25, 0.3) is 0 Å². The highest BCUT2D eigenvalue weighted by Gasteiger charge is 2.30. The van der Waals surface area contributed by atoms with Gasteiger partial charge in [0.15, 0.2) is 0 Å². The van der Waals surface area contributed by atoms with Gasteiger partial charge in [0, 0.05) is 12.1 Å². The van der Waals surface area contributed by atoms with E-state index in [4.69, 9.17) is 0 Å². The summed E-state index contributed by atoms with van der Waals surface area (Å²) in [5, 5.41) is 3.01. The molecule has 0 bridgehead atoms. The van der Waals surface area contributed by atoms with E-state index in [1.165, 1.54) is 6.07 Å². The molecule has 0 amide bonds. The van der Waals surface area contributed by atoms with Crippen LogP contribution >= 0.6 is 0 Å². The first-order chi connectivity index (χ1) is 10.1. The van der Waals surface area contributed by atoms with E-state index in [0.717, 1.165) is 17.7 Å². The van der Waals surface area contributed by atoms with Gasteiger partial charge in [-0.05, 0) is 23.8 Å². The number of rotatable bonds is 3. The van der Waals surface area contributed by atoms with Gasteiger partial charge in [0.1, 0.15) is 0 Å². The Morgan fingerprint density at radius 2 is 1.71 bits per heavy atom. The molecule has 2 rings (SSSR count). The quantitative estimate of drug-likeness (QED) is 0.668. The fraction of sp³-hybridized carbons (Fsp3) is 0.176. The fourth-order valence-corrected chi connectivity index (χ4v) is 1.79. The van der Waals surface area contributed by atoms with E-state index in [9.17, 15) is 13.2 Å². The zero-order valence-corrected chi connectivity index (χ0v) is 11.2. The summed E-state index contributed by atoms with van der Waals surface area (Å²) in [5.41, 5.74) is 0.877. The first-order valence-corrected chi connectivity index (χ1v) is 6.46. The van der Waals surface area contributed by atoms with Gasteiger partial charge in [0.25, 0.3) is 0 Å². The highest BCUT2D eigenvalue weighted by atomic mass is 19.4. The van der Waals surface area contributed by atoms with Crippen molar-refractivity contribution in [3.8, 4) is 11.8 Å². The van der Waals surface area contributed by atoms with Gasteiger partial charge >= 0.3 is 6.18 Å². The third-order valence-corrected chi connectivity index (χ3v) is 2.80. The maximum absolute atomic E-state index is 12.6. The minimum atomic E-state index is -4.30. The number of hydrogen-bond donors (Lipinski definition) is 1. The molecule has 4 heteroatoms. The summed E-state index contributed by atoms with van der Waals surface area (Å²) < 4.78 is 37.7. The molecule has 0 saturated carbocycles. The van der Waals surface area contributed by atoms with Crippen molar-refractivity contribution in [3.63, 3.8) is 0 Å². The molecule has 0 saturated heterocycles. The summed E-state index contributed by atoms with van der Waals surface area (Å²) in [5.74, 6) is 5.91. The summed E-state index contributed by atoms with van der Waals surface area (Å²) >= 11 is 0. The number of nitrogens with one attached hydrogen (secondary N) is 1. The lowest BCUT2D eigenvalue weighted by atomic mass is 10.1. The van der Waals surface area contributed by atoms with Crippen molar-refractivity contribution in [1.29, 1.82) is 0 Å². The molecular formula is C17H14F3N. The van der Waals surface area contributed by atoms with Gasteiger partial charge in [0.2, 0.25) is 0 Å². The SMILES string of the molecule is FC(F)(F)c1cccc(CNCC#Cc2ccccc2)c1. The van der Waals surface area contributed by atoms with Crippen LogP contribution in [-0.4, -0.2) is 6.54 Å². The van der Waals surface area contributed by atoms with E-state index in [1.807, 2.05) is 30.3 Å². The van der Waals surface area contributed by atoms with Gasteiger partial charge in [-0.2, -0.15) is 13.2 Å². The van der Waals surface area contributed by atoms with Gasteiger partial charge in [-0.3, -0.25) is 0 Å². The molecule has 0 heterocycles. The Labute approximate surface area is 121 Å². The standard InChI is InChI=1S/C17H14F3N/c18-17(19,20)16-10-4-8-15(12-16)13-21-11-5-9-14-6-2-1-3-7-14/h1-4,6-8,10,12,21H,11,13H2. The third-order valence-electron chi connectivity index (χ3n) is 2.80. The molecular weight excluding hydrogens is 275 g/mol. The zero-order chi connectivity index (χ0) is 15.1. The fourth-order valence-electron chi connectivity index (χ4n) is 1.79. The Hall–Kier alpha value is -2.25. The highest BCUT2D eigenvalue weighted by molar-refractivity contribution is 5.33. The predicted molar refractivity (Wildman–Crippen MR) is 76.5 cm³/mol. The Kier molecular flexibility index (Phi) is 5.02. The summed E-state index contributed by atoms with van der Waals surface area (Å²) in [4.78, 5) is 0. The van der Waals surface area contributed by atoms with Crippen LogP contribution in [0.1, 0.15) is 16.7 Å². The van der Waals surface area contributed by atoms with E-state index in [0.29, 0.717) is 18.7 Å². The second-order valence-electron chi connectivity index (χ2n) is 4.47. The molecule has 108 valence electrons. The minimum absolute atomic E-state index is 0.355. The molecule has 0 fully saturated rings. The molecule has 2 aromatic carbocycles. The lowest BCUT2D eigenvalue weighted by Gasteiger charge is -2.08. The minimum Gasteiger partial charge on any atom is -0.302 e. The largest absolute Gasteiger partial charge is 0.416 e. The van der Waals surface area contributed by atoms with E-state index < -0.39 is 11.7 Å². The number of halogens is 3. The number of alkyl halides is 3. The molecule has 0 atom stereocenters. The van der Waals surface area contributed by atoms with Crippen molar-refractivity contribution in [2.45, 2.75) is 12.7 Å². The molecule has 1 N–H and O–H groups in total. The van der Waals surface area contributed by atoms with Crippen LogP contribution < -0.4 is 5.32 Å². The van der Waals surface area contributed by atoms with Crippen molar-refractivity contribution in [3.05, 3.63) is 71.3 Å². The van der Waals surface area contributed by atoms with Crippen LogP contribution in [0.3, 0.4) is 0 Å². The monoisotopic (exact) mass is 289 g/mol. The third kappa shape index (κ3) is 4.97. The molecule has 1 nitrogen and oxygen atoms in total. The van der Waals surface area contributed by atoms with Crippen LogP contribution in [0.5, 0.6) is 0 Å². The van der Waals surface area contributed by atoms with Gasteiger partial charge in [0.05, 0.1) is 12.1 Å². The summed E-state index contributed by atoms with van der Waals surface area (Å²) in [6, 6.07) is 14.8. The number of hydrogen-bond acceptors (Lipinski definition) is 1. The average Bonchev–Trinajstić information content (AvgIpc) is 2.47. The molecule has 21 heavy (non-hydrogen) atoms. The maximum Gasteiger partial charge on any atom is 0.416 e. The Morgan fingerprint density at radius 1 is 0.952 bits per heavy atom. The maximum atomic E-state index is 12.6. The van der Waals surface area contributed by atoms with Crippen molar-refractivity contribution in [2.24, 2.45) is 0 Å². The topological polar surface area (TPSA) is 12.0 Å². The van der Waals surface area contributed by atoms with Crippen molar-refractivity contribution >= 4 is 0 Å². The first-order valence-electron chi connectivity index (χ1n) is 6.46. The van der Waals surface area contributed by atoms with Gasteiger partial charge in [-0.25, -0.2) is 0 Å². The summed E-state index contributed by atoms with van der Waals surface area (Å²) in [6.07, 6.45) is -4.30. The molecule has 0 aliphatic rings. The smallest absolute Gasteiger partial charge is 0.302 e. The van der Waals surface area contributed by atoms with Gasteiger partial charge < -0.3 is 5.32 Å². The second-order valence-corrected chi connectivity index (χ2v) is 4.47. The van der Waals surface area contributed by atoms with Crippen molar-refractivity contribution < 1.29 is 13.2 Å². The Morgan fingerprint density at radius 3 is 2.43 bits per heavy atom. The van der Waals surface area contributed by atoms with Crippen LogP contribution in [0.2, 0.25) is 0 Å². The molecule has 0 radical (unpaired) electrons. The summed E-state index contributed by atoms with van der Waals surface area (Å²) in [6.45, 7) is 0.776. The molecule has 0 spiro atoms. The molecule has 2 aromatic rings. The van der Waals surface area contributed by atoms with Crippen LogP contribution in [0, 0.1) is 11.8 Å². The van der Waals surface area contributed by atoms with E-state index in [1.54, 1.807) is 6.07 Å². The van der Waals surface area contributed by atoms with Gasteiger partial charge in [-0.15, -0.1) is 0 Å². The zero-order valence-electron chi connectivity index (χ0n) is 11.2. The number of benzene rings is 2. The van der Waals surface area contributed by atoms with Crippen LogP contribution in [-0.2, 0) is 12.7 Å². The lowest BCUT2D eigenvalue weighted by Crippen LogP contribution is -2.14. The second kappa shape index (κ2) is 6.96. The van der Waals surface area contributed by atoms with Crippen LogP contribution in [0.4, 0.5) is 13.2 Å². The van der Waals surface area contributed by atoms with E-state index in [2.05, 4.69) is 17.2 Å². The first kappa shape index (κ1) is 15.1. The van der Waals surface area contributed by atoms with Crippen molar-refractivity contribution in [2.75, 3.05) is 6.54 Å². The van der Waals surface area contributed by atoms with E-state index in [-0.39, 0.29) is 0 Å². The lowest BCUT2D eigenvalue weighted by molar-refractivity contribution is -0.137. The van der Waals surface area contributed by atoms with Crippen molar-refractivity contribution in [1.82, 2.24) is 5.32 Å².